The van der Waals surface area contributed by atoms with E-state index in [1.165, 1.54) is 12.1 Å². The van der Waals surface area contributed by atoms with Gasteiger partial charge >= 0.3 is 18.4 Å². The normalized spacial score (nSPS) is 17.4. The molecule has 1 saturated heterocycles. The van der Waals surface area contributed by atoms with Crippen molar-refractivity contribution >= 4 is 23.8 Å². The largest absolute Gasteiger partial charge is 0.452 e. The molecule has 1 aliphatic rings. The number of hydrogen-bond donors (Lipinski definition) is 3. The molecule has 3 amide bonds. The van der Waals surface area contributed by atoms with E-state index in [1.807, 2.05) is 0 Å². The maximum atomic E-state index is 15.3. The number of ether oxygens (including phenoxy) is 3. The van der Waals surface area contributed by atoms with E-state index >= 15 is 8.78 Å². The van der Waals surface area contributed by atoms with Gasteiger partial charge in [0.25, 0.3) is 5.91 Å². The predicted molar refractivity (Wildman–Crippen MR) is 162 cm³/mol. The fourth-order valence-electron chi connectivity index (χ4n) is 5.25. The third-order valence-corrected chi connectivity index (χ3v) is 7.70. The van der Waals surface area contributed by atoms with Crippen LogP contribution in [0.2, 0.25) is 0 Å². The number of alkyl carbamates (subject to hydrolysis) is 1. The summed E-state index contributed by atoms with van der Waals surface area (Å²) in [7, 11) is 0.950. The molecule has 3 aromatic rings. The number of rotatable bonds is 11. The van der Waals surface area contributed by atoms with E-state index in [2.05, 4.69) is 10.3 Å². The quantitative estimate of drug-likeness (QED) is 0.245. The monoisotopic (exact) mass is 715 g/mol. The molecule has 1 aliphatic heterocycles. The molecule has 0 bridgehead atoms. The number of aromatic nitrogens is 1. The lowest BCUT2D eigenvalue weighted by Gasteiger charge is -2.31. The Labute approximate surface area is 280 Å². The highest BCUT2D eigenvalue weighted by Crippen LogP contribution is 2.33. The standard InChI is InChI=1S/C32H32F7N5O6/c1-48-31(47)44(29(45)28(40)27(17-2-4-18(33)5-3-17)23-10-19(34)6-9-24(23)35)26-13-41-12-25(36)22(26)8-7-21-11-42-20(14-49-21)15-50-30(46)43-16-32(37,38)39/h2-6,9-10,12-13,20-21,27-28,42H,7-8,11,14-16,40H2,1H3,(H,43,46)/t20-,21+,27-,28-/m0/s1. The van der Waals surface area contributed by atoms with E-state index in [0.29, 0.717) is 4.90 Å². The SMILES string of the molecule is COC(=O)N(C(=O)[C@@H](N)[C@@H](c1ccc(F)cc1)c1cc(F)ccc1F)c1cncc(F)c1CC[C@@H]1CN[C@H](COC(=O)NCC(F)(F)F)CO1. The van der Waals surface area contributed by atoms with Gasteiger partial charge in [-0.25, -0.2) is 32.1 Å². The second kappa shape index (κ2) is 16.7. The molecule has 11 nitrogen and oxygen atoms in total. The number of anilines is 1. The number of halogens is 7. The Kier molecular flexibility index (Phi) is 12.7. The van der Waals surface area contributed by atoms with Crippen molar-refractivity contribution in [2.45, 2.75) is 43.1 Å². The zero-order valence-electron chi connectivity index (χ0n) is 26.3. The van der Waals surface area contributed by atoms with Gasteiger partial charge in [-0.15, -0.1) is 0 Å². The number of alkyl halides is 3. The van der Waals surface area contributed by atoms with Crippen molar-refractivity contribution in [2.75, 3.05) is 38.3 Å². The number of amides is 3. The summed E-state index contributed by atoms with van der Waals surface area (Å²) in [5, 5.41) is 4.58. The molecule has 1 aromatic heterocycles. The van der Waals surface area contributed by atoms with Gasteiger partial charge < -0.3 is 30.6 Å². The summed E-state index contributed by atoms with van der Waals surface area (Å²) in [6, 6.07) is 4.57. The van der Waals surface area contributed by atoms with Crippen molar-refractivity contribution in [3.8, 4) is 0 Å². The number of pyridine rings is 1. The summed E-state index contributed by atoms with van der Waals surface area (Å²) in [5.41, 5.74) is 5.59. The zero-order valence-corrected chi connectivity index (χ0v) is 26.3. The van der Waals surface area contributed by atoms with Crippen LogP contribution in [0.15, 0.2) is 54.9 Å². The Hall–Kier alpha value is -4.81. The number of imide groups is 1. The van der Waals surface area contributed by atoms with E-state index in [4.69, 9.17) is 19.9 Å². The molecule has 1 fully saturated rings. The van der Waals surface area contributed by atoms with Crippen molar-refractivity contribution in [1.29, 1.82) is 0 Å². The Morgan fingerprint density at radius 1 is 1.06 bits per heavy atom. The van der Waals surface area contributed by atoms with Crippen LogP contribution in [0.1, 0.15) is 29.0 Å². The summed E-state index contributed by atoms with van der Waals surface area (Å²) in [6.45, 7) is -1.72. The molecule has 2 aromatic carbocycles. The smallest absolute Gasteiger partial charge is 0.421 e. The molecule has 0 aliphatic carbocycles. The molecule has 0 radical (unpaired) electrons. The minimum atomic E-state index is -4.60. The summed E-state index contributed by atoms with van der Waals surface area (Å²) in [4.78, 5) is 42.8. The molecular weight excluding hydrogens is 683 g/mol. The van der Waals surface area contributed by atoms with E-state index in [1.54, 1.807) is 5.32 Å². The van der Waals surface area contributed by atoms with Crippen LogP contribution < -0.4 is 21.3 Å². The molecule has 2 heterocycles. The lowest BCUT2D eigenvalue weighted by molar-refractivity contribution is -0.124. The minimum Gasteiger partial charge on any atom is -0.452 e. The maximum absolute atomic E-state index is 15.3. The van der Waals surface area contributed by atoms with Gasteiger partial charge in [0.2, 0.25) is 0 Å². The Morgan fingerprint density at radius 2 is 1.76 bits per heavy atom. The van der Waals surface area contributed by atoms with Crippen LogP contribution in [0, 0.1) is 23.3 Å². The molecule has 4 atom stereocenters. The average Bonchev–Trinajstić information content (AvgIpc) is 3.08. The average molecular weight is 716 g/mol. The Balaban J connectivity index is 1.51. The molecule has 0 saturated carbocycles. The lowest BCUT2D eigenvalue weighted by atomic mass is 9.84. The third kappa shape index (κ3) is 9.88. The van der Waals surface area contributed by atoms with Crippen molar-refractivity contribution in [3.63, 3.8) is 0 Å². The van der Waals surface area contributed by atoms with Crippen molar-refractivity contribution in [1.82, 2.24) is 15.6 Å². The number of carbonyl (C=O) groups is 3. The van der Waals surface area contributed by atoms with Crippen molar-refractivity contribution < 1.29 is 59.3 Å². The molecule has 4 rings (SSSR count). The van der Waals surface area contributed by atoms with E-state index < -0.39 is 78.2 Å². The lowest BCUT2D eigenvalue weighted by Crippen LogP contribution is -2.50. The Bertz CT molecular complexity index is 1660. The van der Waals surface area contributed by atoms with Gasteiger partial charge in [0.05, 0.1) is 50.0 Å². The summed E-state index contributed by atoms with van der Waals surface area (Å²) in [5.74, 6) is -6.04. The van der Waals surface area contributed by atoms with Gasteiger partial charge in [0.1, 0.15) is 36.4 Å². The number of hydrogen-bond acceptors (Lipinski definition) is 9. The third-order valence-electron chi connectivity index (χ3n) is 7.70. The highest BCUT2D eigenvalue weighted by Gasteiger charge is 2.38. The maximum Gasteiger partial charge on any atom is 0.421 e. The van der Waals surface area contributed by atoms with E-state index in [-0.39, 0.29) is 55.0 Å². The first kappa shape index (κ1) is 38.0. The van der Waals surface area contributed by atoms with Gasteiger partial charge in [-0.2, -0.15) is 13.2 Å². The van der Waals surface area contributed by atoms with E-state index in [0.717, 1.165) is 49.8 Å². The first-order chi connectivity index (χ1) is 23.7. The van der Waals surface area contributed by atoms with Crippen LogP contribution in [0.25, 0.3) is 0 Å². The molecule has 50 heavy (non-hydrogen) atoms. The first-order valence-electron chi connectivity index (χ1n) is 15.0. The Morgan fingerprint density at radius 3 is 2.40 bits per heavy atom. The number of benzene rings is 2. The van der Waals surface area contributed by atoms with Crippen LogP contribution in [0.4, 0.5) is 46.0 Å². The highest BCUT2D eigenvalue weighted by atomic mass is 19.4. The van der Waals surface area contributed by atoms with Crippen LogP contribution >= 0.6 is 0 Å². The topological polar surface area (TPSA) is 145 Å². The van der Waals surface area contributed by atoms with Gasteiger partial charge in [-0.05, 0) is 48.7 Å². The number of nitrogens with zero attached hydrogens (tertiary/aromatic N) is 2. The number of methoxy groups -OCH3 is 1. The molecular formula is C32H32F7N5O6. The minimum absolute atomic E-state index is 0.0219. The second-order valence-electron chi connectivity index (χ2n) is 11.1. The molecule has 0 unspecified atom stereocenters. The molecule has 18 heteroatoms. The van der Waals surface area contributed by atoms with Gasteiger partial charge in [0.15, 0.2) is 0 Å². The summed E-state index contributed by atoms with van der Waals surface area (Å²) in [6.07, 6.45) is -5.87. The number of morpholine rings is 1. The molecule has 4 N–H and O–H groups in total. The van der Waals surface area contributed by atoms with Gasteiger partial charge in [-0.3, -0.25) is 9.78 Å². The highest BCUT2D eigenvalue weighted by molar-refractivity contribution is 6.15. The van der Waals surface area contributed by atoms with Crippen LogP contribution in [-0.2, 0) is 25.4 Å². The number of nitrogens with two attached hydrogens (primary N) is 1. The first-order valence-corrected chi connectivity index (χ1v) is 15.0. The molecule has 0 spiro atoms. The fourth-order valence-corrected chi connectivity index (χ4v) is 5.25. The summed E-state index contributed by atoms with van der Waals surface area (Å²) < 4.78 is 111. The van der Waals surface area contributed by atoms with Gasteiger partial charge in [-0.1, -0.05) is 12.1 Å². The van der Waals surface area contributed by atoms with Crippen LogP contribution in [0.3, 0.4) is 0 Å². The van der Waals surface area contributed by atoms with Crippen LogP contribution in [-0.4, -0.2) is 80.9 Å². The van der Waals surface area contributed by atoms with Crippen molar-refractivity contribution in [3.05, 3.63) is 94.8 Å². The fraction of sp³-hybridized carbons (Fsp3) is 0.375. The zero-order chi connectivity index (χ0) is 36.6. The van der Waals surface area contributed by atoms with Gasteiger partial charge in [0, 0.05) is 23.6 Å². The van der Waals surface area contributed by atoms with E-state index in [9.17, 15) is 36.3 Å². The van der Waals surface area contributed by atoms with Crippen LogP contribution in [0.5, 0.6) is 0 Å². The van der Waals surface area contributed by atoms with Crippen molar-refractivity contribution in [2.24, 2.45) is 5.73 Å². The molecule has 270 valence electrons. The summed E-state index contributed by atoms with van der Waals surface area (Å²) >= 11 is 0. The number of carbonyl (C=O) groups excluding carboxylic acids is 3. The second-order valence-corrected chi connectivity index (χ2v) is 11.1. The predicted octanol–water partition coefficient (Wildman–Crippen LogP) is 4.47. The number of nitrogens with one attached hydrogen (secondary N) is 2.